The Kier molecular flexibility index (Phi) is 7.32. The minimum Gasteiger partial charge on any atom is -0.451 e. The van der Waals surface area contributed by atoms with Crippen LogP contribution in [0.3, 0.4) is 0 Å². The number of carbonyl (C=O) groups is 2. The Morgan fingerprint density at radius 3 is 2.52 bits per heavy atom. The number of hydrogen-bond donors (Lipinski definition) is 2. The van der Waals surface area contributed by atoms with Gasteiger partial charge in [-0.15, -0.1) is 6.58 Å². The van der Waals surface area contributed by atoms with Crippen LogP contribution in [-0.2, 0) is 20.5 Å². The Bertz CT molecular complexity index is 737. The summed E-state index contributed by atoms with van der Waals surface area (Å²) in [6.45, 7) is 6.20. The van der Waals surface area contributed by atoms with Crippen molar-refractivity contribution in [3.8, 4) is 0 Å². The number of ether oxygens (including phenoxy) is 1. The number of carbonyl (C=O) groups excluding carboxylic acids is 2. The van der Waals surface area contributed by atoms with E-state index in [-0.39, 0.29) is 12.2 Å². The molecule has 148 valence electrons. The standard InChI is InChI=1S/C16H18F3N3O5/c1-4-7-20-14(23)10(3)27-15(24)9(2)21-12-6-5-11(16(17,18)19)8-13(12)22(25)26/h4-6,8-10,21H,1,7H2,2-3H3,(H,20,23)/t9-,10+/m0/s1. The highest BCUT2D eigenvalue weighted by Gasteiger charge is 2.33. The Balaban J connectivity index is 2.88. The van der Waals surface area contributed by atoms with Gasteiger partial charge in [-0.05, 0) is 26.0 Å². The van der Waals surface area contributed by atoms with Crippen molar-refractivity contribution in [3.05, 3.63) is 46.5 Å². The number of alkyl halides is 3. The fraction of sp³-hybridized carbons (Fsp3) is 0.375. The molecule has 0 fully saturated rings. The van der Waals surface area contributed by atoms with E-state index in [0.29, 0.717) is 12.1 Å². The van der Waals surface area contributed by atoms with Gasteiger partial charge in [-0.1, -0.05) is 6.08 Å². The molecule has 0 aliphatic carbocycles. The van der Waals surface area contributed by atoms with Crippen molar-refractivity contribution < 1.29 is 32.4 Å². The summed E-state index contributed by atoms with van der Waals surface area (Å²) in [7, 11) is 0. The largest absolute Gasteiger partial charge is 0.451 e. The average Bonchev–Trinajstić information content (AvgIpc) is 2.58. The number of hydrogen-bond acceptors (Lipinski definition) is 6. The lowest BCUT2D eigenvalue weighted by atomic mass is 10.1. The fourth-order valence-electron chi connectivity index (χ4n) is 1.92. The molecular weight excluding hydrogens is 371 g/mol. The zero-order chi connectivity index (χ0) is 20.8. The number of amides is 1. The third-order valence-electron chi connectivity index (χ3n) is 3.33. The minimum atomic E-state index is -4.75. The summed E-state index contributed by atoms with van der Waals surface area (Å²) in [6.07, 6.45) is -4.45. The molecule has 0 spiro atoms. The van der Waals surface area contributed by atoms with E-state index >= 15 is 0 Å². The molecule has 0 aliphatic heterocycles. The quantitative estimate of drug-likeness (QED) is 0.306. The summed E-state index contributed by atoms with van der Waals surface area (Å²) in [5, 5.41) is 15.9. The van der Waals surface area contributed by atoms with Gasteiger partial charge in [0.15, 0.2) is 6.10 Å². The van der Waals surface area contributed by atoms with Gasteiger partial charge in [-0.3, -0.25) is 14.9 Å². The summed E-state index contributed by atoms with van der Waals surface area (Å²) >= 11 is 0. The van der Waals surface area contributed by atoms with E-state index in [9.17, 15) is 32.9 Å². The number of nitro benzene ring substituents is 1. The van der Waals surface area contributed by atoms with Crippen molar-refractivity contribution in [2.24, 2.45) is 0 Å². The first-order chi connectivity index (χ1) is 12.5. The number of halogens is 3. The van der Waals surface area contributed by atoms with Gasteiger partial charge in [-0.2, -0.15) is 13.2 Å². The molecule has 0 unspecified atom stereocenters. The maximum absolute atomic E-state index is 12.7. The summed E-state index contributed by atoms with van der Waals surface area (Å²) in [6, 6.07) is 0.713. The van der Waals surface area contributed by atoms with Crippen molar-refractivity contribution in [3.63, 3.8) is 0 Å². The summed E-state index contributed by atoms with van der Waals surface area (Å²) in [5.41, 5.74) is -2.33. The Morgan fingerprint density at radius 1 is 1.37 bits per heavy atom. The molecule has 1 rings (SSSR count). The van der Waals surface area contributed by atoms with Crippen LogP contribution in [0.2, 0.25) is 0 Å². The van der Waals surface area contributed by atoms with Crippen LogP contribution >= 0.6 is 0 Å². The molecule has 2 atom stereocenters. The molecule has 1 aromatic carbocycles. The van der Waals surface area contributed by atoms with Gasteiger partial charge in [-0.25, -0.2) is 4.79 Å². The third-order valence-corrected chi connectivity index (χ3v) is 3.33. The van der Waals surface area contributed by atoms with E-state index in [2.05, 4.69) is 17.2 Å². The van der Waals surface area contributed by atoms with Gasteiger partial charge in [0.05, 0.1) is 10.5 Å². The zero-order valence-corrected chi connectivity index (χ0v) is 14.5. The third kappa shape index (κ3) is 6.28. The van der Waals surface area contributed by atoms with Crippen LogP contribution in [0.1, 0.15) is 19.4 Å². The van der Waals surface area contributed by atoms with E-state index in [4.69, 9.17) is 4.74 Å². The van der Waals surface area contributed by atoms with Gasteiger partial charge in [0.25, 0.3) is 11.6 Å². The lowest BCUT2D eigenvalue weighted by Crippen LogP contribution is -2.39. The SMILES string of the molecule is C=CCNC(=O)[C@@H](C)OC(=O)[C@H](C)Nc1ccc(C(F)(F)F)cc1[N+](=O)[O-]. The number of nitrogens with zero attached hydrogens (tertiary/aromatic N) is 1. The predicted molar refractivity (Wildman–Crippen MR) is 89.9 cm³/mol. The number of nitrogens with one attached hydrogen (secondary N) is 2. The van der Waals surface area contributed by atoms with Crippen LogP contribution in [0.4, 0.5) is 24.5 Å². The van der Waals surface area contributed by atoms with Crippen LogP contribution in [-0.4, -0.2) is 35.5 Å². The van der Waals surface area contributed by atoms with Crippen LogP contribution in [0.25, 0.3) is 0 Å². The van der Waals surface area contributed by atoms with Gasteiger partial charge >= 0.3 is 12.1 Å². The maximum atomic E-state index is 12.7. The second-order valence-corrected chi connectivity index (χ2v) is 5.47. The van der Waals surface area contributed by atoms with Crippen LogP contribution in [0, 0.1) is 10.1 Å². The summed E-state index contributed by atoms with van der Waals surface area (Å²) in [5.74, 6) is -1.48. The minimum absolute atomic E-state index is 0.173. The van der Waals surface area contributed by atoms with Crippen LogP contribution in [0.5, 0.6) is 0 Å². The van der Waals surface area contributed by atoms with Gasteiger partial charge in [0.2, 0.25) is 0 Å². The van der Waals surface area contributed by atoms with Crippen molar-refractivity contribution in [1.29, 1.82) is 0 Å². The molecule has 0 aliphatic rings. The molecule has 0 radical (unpaired) electrons. The van der Waals surface area contributed by atoms with E-state index in [1.54, 1.807) is 0 Å². The summed E-state index contributed by atoms with van der Waals surface area (Å²) in [4.78, 5) is 33.7. The molecule has 11 heteroatoms. The number of nitro groups is 1. The Hall–Kier alpha value is -3.11. The van der Waals surface area contributed by atoms with Crippen molar-refractivity contribution in [2.45, 2.75) is 32.2 Å². The van der Waals surface area contributed by atoms with E-state index in [1.807, 2.05) is 0 Å². The normalized spacial score (nSPS) is 13.2. The zero-order valence-electron chi connectivity index (χ0n) is 14.5. The molecule has 0 aromatic heterocycles. The fourth-order valence-corrected chi connectivity index (χ4v) is 1.92. The van der Waals surface area contributed by atoms with E-state index in [1.165, 1.54) is 19.9 Å². The topological polar surface area (TPSA) is 111 Å². The van der Waals surface area contributed by atoms with Crippen molar-refractivity contribution >= 4 is 23.3 Å². The number of benzene rings is 1. The molecule has 0 heterocycles. The van der Waals surface area contributed by atoms with Crippen LogP contribution < -0.4 is 10.6 Å². The first kappa shape index (κ1) is 21.9. The molecule has 8 nitrogen and oxygen atoms in total. The summed E-state index contributed by atoms with van der Waals surface area (Å²) < 4.78 is 43.0. The highest BCUT2D eigenvalue weighted by molar-refractivity contribution is 5.86. The molecule has 0 bridgehead atoms. The van der Waals surface area contributed by atoms with Gasteiger partial charge in [0, 0.05) is 12.6 Å². The monoisotopic (exact) mass is 389 g/mol. The Morgan fingerprint density at radius 2 is 2.00 bits per heavy atom. The molecule has 27 heavy (non-hydrogen) atoms. The molecule has 0 saturated heterocycles. The predicted octanol–water partition coefficient (Wildman–Crippen LogP) is 2.65. The van der Waals surface area contributed by atoms with Crippen molar-refractivity contribution in [1.82, 2.24) is 5.32 Å². The lowest BCUT2D eigenvalue weighted by Gasteiger charge is -2.18. The smallest absolute Gasteiger partial charge is 0.416 e. The van der Waals surface area contributed by atoms with Gasteiger partial charge in [0.1, 0.15) is 11.7 Å². The molecule has 1 aromatic rings. The first-order valence-electron chi connectivity index (χ1n) is 7.68. The second kappa shape index (κ2) is 9.01. The maximum Gasteiger partial charge on any atom is 0.416 e. The average molecular weight is 389 g/mol. The van der Waals surface area contributed by atoms with E-state index in [0.717, 1.165) is 6.07 Å². The highest BCUT2D eigenvalue weighted by atomic mass is 19.4. The number of rotatable bonds is 8. The second-order valence-electron chi connectivity index (χ2n) is 5.47. The van der Waals surface area contributed by atoms with Gasteiger partial charge < -0.3 is 15.4 Å². The Labute approximate surface area is 152 Å². The van der Waals surface area contributed by atoms with Crippen molar-refractivity contribution in [2.75, 3.05) is 11.9 Å². The number of esters is 1. The molecule has 1 amide bonds. The molecular formula is C16H18F3N3O5. The first-order valence-corrected chi connectivity index (χ1v) is 7.68. The molecule has 0 saturated carbocycles. The molecule has 2 N–H and O–H groups in total. The lowest BCUT2D eigenvalue weighted by molar-refractivity contribution is -0.384. The highest BCUT2D eigenvalue weighted by Crippen LogP contribution is 2.35. The number of anilines is 1. The van der Waals surface area contributed by atoms with E-state index < -0.39 is 46.4 Å². The van der Waals surface area contributed by atoms with Crippen LogP contribution in [0.15, 0.2) is 30.9 Å².